The van der Waals surface area contributed by atoms with Crippen molar-refractivity contribution in [3.8, 4) is 0 Å². The van der Waals surface area contributed by atoms with E-state index in [4.69, 9.17) is 0 Å². The van der Waals surface area contributed by atoms with Crippen molar-refractivity contribution in [1.29, 1.82) is 0 Å². The Morgan fingerprint density at radius 3 is 2.44 bits per heavy atom. The molecule has 1 unspecified atom stereocenters. The molecule has 0 aliphatic heterocycles. The van der Waals surface area contributed by atoms with Gasteiger partial charge in [-0.3, -0.25) is 4.99 Å². The van der Waals surface area contributed by atoms with Gasteiger partial charge in [0.2, 0.25) is 0 Å². The van der Waals surface area contributed by atoms with Crippen molar-refractivity contribution >= 4 is 6.21 Å². The topological polar surface area (TPSA) is 12.4 Å². The summed E-state index contributed by atoms with van der Waals surface area (Å²) in [5.74, 6) is 0. The van der Waals surface area contributed by atoms with E-state index >= 15 is 0 Å². The van der Waals surface area contributed by atoms with E-state index in [1.165, 1.54) is 32.1 Å². The molecular formula is C15H29N. The van der Waals surface area contributed by atoms with Crippen LogP contribution in [0.25, 0.3) is 0 Å². The van der Waals surface area contributed by atoms with Crippen LogP contribution in [0.4, 0.5) is 0 Å². The van der Waals surface area contributed by atoms with Crippen molar-refractivity contribution in [2.75, 3.05) is 0 Å². The fraction of sp³-hybridized carbons (Fsp3) is 0.800. The van der Waals surface area contributed by atoms with Crippen LogP contribution in [0.5, 0.6) is 0 Å². The summed E-state index contributed by atoms with van der Waals surface area (Å²) in [6.45, 7) is 6.61. The second-order valence-electron chi connectivity index (χ2n) is 4.50. The van der Waals surface area contributed by atoms with Crippen LogP contribution in [-0.4, -0.2) is 12.3 Å². The number of rotatable bonds is 10. The number of hydrogen-bond acceptors (Lipinski definition) is 1. The minimum absolute atomic E-state index is 0.457. The first-order valence-electron chi connectivity index (χ1n) is 6.97. The molecule has 1 heteroatoms. The van der Waals surface area contributed by atoms with E-state index in [0.717, 1.165) is 19.3 Å². The molecule has 0 aliphatic carbocycles. The lowest BCUT2D eigenvalue weighted by Crippen LogP contribution is -1.95. The van der Waals surface area contributed by atoms with Gasteiger partial charge in [0, 0.05) is 0 Å². The van der Waals surface area contributed by atoms with Gasteiger partial charge in [-0.15, -0.1) is 0 Å². The summed E-state index contributed by atoms with van der Waals surface area (Å²) in [6.07, 6.45) is 16.7. The number of allylic oxidation sites excluding steroid dienone is 1. The molecule has 16 heavy (non-hydrogen) atoms. The van der Waals surface area contributed by atoms with E-state index in [-0.39, 0.29) is 0 Å². The molecule has 0 saturated heterocycles. The quantitative estimate of drug-likeness (QED) is 0.275. The first-order chi connectivity index (χ1) is 7.81. The smallest absolute Gasteiger partial charge is 0.0501 e. The van der Waals surface area contributed by atoms with Crippen LogP contribution >= 0.6 is 0 Å². The molecule has 0 aromatic rings. The standard InChI is InChI=1S/C15H29N/c1-4-6-8-9-10-12-14-16-15(3)13-11-7-5-2/h7,11,14-15H,4-6,8-10,12-13H2,1-3H3. The molecule has 0 fully saturated rings. The van der Waals surface area contributed by atoms with Crippen molar-refractivity contribution in [3.63, 3.8) is 0 Å². The Morgan fingerprint density at radius 2 is 1.75 bits per heavy atom. The molecule has 0 saturated carbocycles. The zero-order chi connectivity index (χ0) is 12.1. The minimum Gasteiger partial charge on any atom is -0.294 e. The normalized spacial score (nSPS) is 13.9. The molecule has 1 atom stereocenters. The Kier molecular flexibility index (Phi) is 12.0. The first kappa shape index (κ1) is 15.4. The molecular weight excluding hydrogens is 194 g/mol. The maximum Gasteiger partial charge on any atom is 0.0501 e. The highest BCUT2D eigenvalue weighted by atomic mass is 14.7. The highest BCUT2D eigenvalue weighted by Gasteiger charge is 1.93. The molecule has 0 heterocycles. The molecule has 94 valence electrons. The number of nitrogens with zero attached hydrogens (tertiary/aromatic N) is 1. The molecule has 0 amide bonds. The lowest BCUT2D eigenvalue weighted by atomic mass is 10.1. The van der Waals surface area contributed by atoms with Gasteiger partial charge in [0.1, 0.15) is 0 Å². The average molecular weight is 223 g/mol. The zero-order valence-corrected chi connectivity index (χ0v) is 11.4. The molecule has 0 aliphatic rings. The summed E-state index contributed by atoms with van der Waals surface area (Å²) in [6, 6.07) is 0.457. The molecule has 0 N–H and O–H groups in total. The second kappa shape index (κ2) is 12.5. The monoisotopic (exact) mass is 223 g/mol. The number of unbranched alkanes of at least 4 members (excludes halogenated alkanes) is 5. The minimum atomic E-state index is 0.457. The Balaban J connectivity index is 3.34. The van der Waals surface area contributed by atoms with Gasteiger partial charge in [0.15, 0.2) is 0 Å². The molecule has 0 rings (SSSR count). The van der Waals surface area contributed by atoms with Gasteiger partial charge >= 0.3 is 0 Å². The van der Waals surface area contributed by atoms with E-state index in [1.807, 2.05) is 0 Å². The van der Waals surface area contributed by atoms with E-state index in [0.29, 0.717) is 6.04 Å². The highest BCUT2D eigenvalue weighted by Crippen LogP contribution is 2.04. The number of hydrogen-bond donors (Lipinski definition) is 0. The Hall–Kier alpha value is -0.590. The zero-order valence-electron chi connectivity index (χ0n) is 11.4. The Morgan fingerprint density at radius 1 is 1.00 bits per heavy atom. The third-order valence-electron chi connectivity index (χ3n) is 2.68. The summed E-state index contributed by atoms with van der Waals surface area (Å²) in [7, 11) is 0. The van der Waals surface area contributed by atoms with Crippen LogP contribution in [0, 0.1) is 0 Å². The molecule has 0 bridgehead atoms. The van der Waals surface area contributed by atoms with Crippen molar-refractivity contribution in [3.05, 3.63) is 12.2 Å². The van der Waals surface area contributed by atoms with Crippen LogP contribution in [-0.2, 0) is 0 Å². The van der Waals surface area contributed by atoms with Gasteiger partial charge in [-0.2, -0.15) is 0 Å². The maximum absolute atomic E-state index is 4.54. The van der Waals surface area contributed by atoms with Crippen molar-refractivity contribution in [2.45, 2.75) is 78.2 Å². The predicted molar refractivity (Wildman–Crippen MR) is 75.4 cm³/mol. The largest absolute Gasteiger partial charge is 0.294 e. The van der Waals surface area contributed by atoms with Gasteiger partial charge in [0.25, 0.3) is 0 Å². The van der Waals surface area contributed by atoms with Crippen molar-refractivity contribution < 1.29 is 0 Å². The maximum atomic E-state index is 4.54. The van der Waals surface area contributed by atoms with Gasteiger partial charge in [-0.05, 0) is 38.8 Å². The van der Waals surface area contributed by atoms with E-state index in [2.05, 4.69) is 44.1 Å². The fourth-order valence-electron chi connectivity index (χ4n) is 1.61. The Bertz CT molecular complexity index is 182. The van der Waals surface area contributed by atoms with Crippen molar-refractivity contribution in [1.82, 2.24) is 0 Å². The lowest BCUT2D eigenvalue weighted by Gasteiger charge is -2.01. The van der Waals surface area contributed by atoms with Gasteiger partial charge < -0.3 is 0 Å². The third-order valence-corrected chi connectivity index (χ3v) is 2.68. The van der Waals surface area contributed by atoms with Crippen LogP contribution in [0.3, 0.4) is 0 Å². The molecule has 0 radical (unpaired) electrons. The predicted octanol–water partition coefficient (Wildman–Crippen LogP) is 5.16. The summed E-state index contributed by atoms with van der Waals surface area (Å²) >= 11 is 0. The van der Waals surface area contributed by atoms with Gasteiger partial charge in [-0.25, -0.2) is 0 Å². The lowest BCUT2D eigenvalue weighted by molar-refractivity contribution is 0.643. The SMILES string of the molecule is CCC=CCC(C)N=CCCCCCCC. The van der Waals surface area contributed by atoms with Gasteiger partial charge in [-0.1, -0.05) is 51.7 Å². The van der Waals surface area contributed by atoms with Crippen LogP contribution in [0.2, 0.25) is 0 Å². The first-order valence-corrected chi connectivity index (χ1v) is 6.97. The van der Waals surface area contributed by atoms with Crippen LogP contribution in [0.1, 0.15) is 72.1 Å². The molecule has 1 nitrogen and oxygen atoms in total. The third kappa shape index (κ3) is 11.5. The molecule has 0 aromatic heterocycles. The van der Waals surface area contributed by atoms with E-state index in [9.17, 15) is 0 Å². The summed E-state index contributed by atoms with van der Waals surface area (Å²) in [5, 5.41) is 0. The number of aliphatic imine (C=N–C) groups is 1. The molecule has 0 spiro atoms. The summed E-state index contributed by atoms with van der Waals surface area (Å²) in [5.41, 5.74) is 0. The van der Waals surface area contributed by atoms with Crippen LogP contribution < -0.4 is 0 Å². The van der Waals surface area contributed by atoms with E-state index in [1.54, 1.807) is 0 Å². The summed E-state index contributed by atoms with van der Waals surface area (Å²) in [4.78, 5) is 4.54. The van der Waals surface area contributed by atoms with E-state index < -0.39 is 0 Å². The van der Waals surface area contributed by atoms with Gasteiger partial charge in [0.05, 0.1) is 6.04 Å². The summed E-state index contributed by atoms with van der Waals surface area (Å²) < 4.78 is 0. The average Bonchev–Trinajstić information content (AvgIpc) is 2.28. The second-order valence-corrected chi connectivity index (χ2v) is 4.50. The fourth-order valence-corrected chi connectivity index (χ4v) is 1.61. The highest BCUT2D eigenvalue weighted by molar-refractivity contribution is 5.57. The Labute approximate surface area is 102 Å². The van der Waals surface area contributed by atoms with Crippen LogP contribution in [0.15, 0.2) is 17.1 Å². The van der Waals surface area contributed by atoms with Crippen molar-refractivity contribution in [2.24, 2.45) is 4.99 Å². The molecule has 0 aromatic carbocycles.